The molecule has 1 N–H and O–H groups in total. The van der Waals surface area contributed by atoms with Gasteiger partial charge in [-0.15, -0.1) is 0 Å². The summed E-state index contributed by atoms with van der Waals surface area (Å²) < 4.78 is 43.9. The van der Waals surface area contributed by atoms with Crippen LogP contribution in [-0.2, 0) is 13.5 Å². The normalized spacial score (nSPS) is 19.8. The third kappa shape index (κ3) is 5.02. The van der Waals surface area contributed by atoms with Crippen LogP contribution in [0.25, 0.3) is 11.3 Å². The summed E-state index contributed by atoms with van der Waals surface area (Å²) in [5.41, 5.74) is 1.64. The number of rotatable bonds is 6. The van der Waals surface area contributed by atoms with Crippen LogP contribution in [0, 0.1) is 11.7 Å². The Labute approximate surface area is 195 Å². The molecule has 0 saturated carbocycles. The Morgan fingerprint density at radius 2 is 1.94 bits per heavy atom. The molecule has 1 amide bonds. The topological polar surface area (TPSA) is 88.8 Å². The summed E-state index contributed by atoms with van der Waals surface area (Å²) in [6.45, 7) is 3.16. The third-order valence-corrected chi connectivity index (χ3v) is 5.96. The van der Waals surface area contributed by atoms with Gasteiger partial charge >= 0.3 is 0 Å². The highest BCUT2D eigenvalue weighted by molar-refractivity contribution is 5.98. The second-order valence-electron chi connectivity index (χ2n) is 8.61. The van der Waals surface area contributed by atoms with Gasteiger partial charge in [-0.05, 0) is 30.0 Å². The molecule has 180 valence electrons. The standard InChI is InChI=1S/C23H26F3N7O/c1-4-15-8-28-22(29-9-15)30-11-19-14(2)7-23(25,26)13-33(19)21(34)20-17(12-32(3)31-20)18-6-5-16(24)10-27-18/h5-6,8-10,12,14,19H,4,7,11,13H2,1-3H3,(H,28,29,30)/t14-,19?/m1/s1. The molecule has 1 fully saturated rings. The van der Waals surface area contributed by atoms with Crippen molar-refractivity contribution < 1.29 is 18.0 Å². The molecule has 11 heteroatoms. The molecule has 0 aliphatic carbocycles. The molecule has 0 bridgehead atoms. The van der Waals surface area contributed by atoms with Gasteiger partial charge in [0.15, 0.2) is 5.69 Å². The molecule has 1 aliphatic heterocycles. The van der Waals surface area contributed by atoms with E-state index in [2.05, 4.69) is 25.4 Å². The highest BCUT2D eigenvalue weighted by Crippen LogP contribution is 2.36. The number of hydrogen-bond acceptors (Lipinski definition) is 6. The first-order chi connectivity index (χ1) is 16.2. The lowest BCUT2D eigenvalue weighted by atomic mass is 9.88. The summed E-state index contributed by atoms with van der Waals surface area (Å²) in [4.78, 5) is 27.3. The number of nitrogens with zero attached hydrogens (tertiary/aromatic N) is 6. The van der Waals surface area contributed by atoms with E-state index in [-0.39, 0.29) is 18.7 Å². The van der Waals surface area contributed by atoms with E-state index in [1.165, 1.54) is 16.8 Å². The van der Waals surface area contributed by atoms with E-state index in [1.54, 1.807) is 32.6 Å². The SMILES string of the molecule is CCc1cnc(NCC2[C@H](C)CC(F)(F)CN2C(=O)c2nn(C)cc2-c2ccc(F)cn2)nc1. The zero-order valence-electron chi connectivity index (χ0n) is 19.2. The van der Waals surface area contributed by atoms with Crippen LogP contribution >= 0.6 is 0 Å². The summed E-state index contributed by atoms with van der Waals surface area (Å²) in [6.07, 6.45) is 6.46. The first-order valence-electron chi connectivity index (χ1n) is 11.1. The fraction of sp³-hybridized carbons (Fsp3) is 0.435. The van der Waals surface area contributed by atoms with Gasteiger partial charge < -0.3 is 10.2 Å². The van der Waals surface area contributed by atoms with Crippen molar-refractivity contribution >= 4 is 11.9 Å². The van der Waals surface area contributed by atoms with Crippen molar-refractivity contribution in [2.24, 2.45) is 13.0 Å². The average molecular weight is 474 g/mol. The lowest BCUT2D eigenvalue weighted by molar-refractivity contribution is -0.0898. The second-order valence-corrected chi connectivity index (χ2v) is 8.61. The van der Waals surface area contributed by atoms with E-state index in [0.717, 1.165) is 23.1 Å². The molecule has 3 aromatic heterocycles. The van der Waals surface area contributed by atoms with E-state index in [0.29, 0.717) is 17.2 Å². The fourth-order valence-corrected chi connectivity index (χ4v) is 4.21. The smallest absolute Gasteiger partial charge is 0.275 e. The number of nitrogens with one attached hydrogen (secondary N) is 1. The number of hydrogen-bond donors (Lipinski definition) is 1. The van der Waals surface area contributed by atoms with Gasteiger partial charge in [-0.25, -0.2) is 23.1 Å². The molecule has 4 rings (SSSR count). The van der Waals surface area contributed by atoms with E-state index in [9.17, 15) is 18.0 Å². The molecule has 1 saturated heterocycles. The zero-order valence-corrected chi connectivity index (χ0v) is 19.2. The molecule has 0 aromatic carbocycles. The van der Waals surface area contributed by atoms with Crippen molar-refractivity contribution in [2.45, 2.75) is 38.7 Å². The largest absolute Gasteiger partial charge is 0.352 e. The van der Waals surface area contributed by atoms with Crippen LogP contribution in [0.1, 0.15) is 36.3 Å². The highest BCUT2D eigenvalue weighted by atomic mass is 19.3. The summed E-state index contributed by atoms with van der Waals surface area (Å²) in [5.74, 6) is -4.32. The Morgan fingerprint density at radius 1 is 1.21 bits per heavy atom. The van der Waals surface area contributed by atoms with Crippen molar-refractivity contribution in [2.75, 3.05) is 18.4 Å². The van der Waals surface area contributed by atoms with Crippen LogP contribution in [0.3, 0.4) is 0 Å². The molecule has 0 spiro atoms. The summed E-state index contributed by atoms with van der Waals surface area (Å²) in [5, 5.41) is 7.31. The van der Waals surface area contributed by atoms with Crippen LogP contribution in [-0.4, -0.2) is 60.6 Å². The number of anilines is 1. The number of amides is 1. The lowest BCUT2D eigenvalue weighted by Crippen LogP contribution is -2.57. The number of pyridine rings is 1. The van der Waals surface area contributed by atoms with Crippen molar-refractivity contribution in [1.29, 1.82) is 0 Å². The van der Waals surface area contributed by atoms with E-state index >= 15 is 0 Å². The summed E-state index contributed by atoms with van der Waals surface area (Å²) >= 11 is 0. The van der Waals surface area contributed by atoms with Crippen LogP contribution in [0.4, 0.5) is 19.1 Å². The number of alkyl halides is 2. The van der Waals surface area contributed by atoms with Gasteiger partial charge in [-0.2, -0.15) is 5.10 Å². The molecule has 0 radical (unpaired) electrons. The molecule has 34 heavy (non-hydrogen) atoms. The predicted octanol–water partition coefficient (Wildman–Crippen LogP) is 3.57. The number of halogens is 3. The minimum atomic E-state index is -3.03. The number of carbonyl (C=O) groups excluding carboxylic acids is 1. The van der Waals surface area contributed by atoms with Gasteiger partial charge in [0.25, 0.3) is 11.8 Å². The van der Waals surface area contributed by atoms with Gasteiger partial charge in [0.2, 0.25) is 5.95 Å². The Bertz CT molecular complexity index is 1150. The Morgan fingerprint density at radius 3 is 2.59 bits per heavy atom. The van der Waals surface area contributed by atoms with Crippen molar-refractivity contribution in [3.8, 4) is 11.3 Å². The maximum Gasteiger partial charge on any atom is 0.275 e. The average Bonchev–Trinajstić information content (AvgIpc) is 3.19. The van der Waals surface area contributed by atoms with Crippen LogP contribution in [0.15, 0.2) is 36.9 Å². The van der Waals surface area contributed by atoms with E-state index in [4.69, 9.17) is 0 Å². The van der Waals surface area contributed by atoms with Crippen molar-refractivity contribution in [3.63, 3.8) is 0 Å². The molecule has 4 heterocycles. The number of likely N-dealkylation sites (tertiary alicyclic amines) is 1. The summed E-state index contributed by atoms with van der Waals surface area (Å²) in [7, 11) is 1.62. The Hall–Kier alpha value is -3.50. The van der Waals surface area contributed by atoms with Crippen LogP contribution in [0.5, 0.6) is 0 Å². The predicted molar refractivity (Wildman–Crippen MR) is 120 cm³/mol. The maximum absolute atomic E-state index is 14.6. The summed E-state index contributed by atoms with van der Waals surface area (Å²) in [6, 6.07) is 2.10. The highest BCUT2D eigenvalue weighted by Gasteiger charge is 2.46. The van der Waals surface area contributed by atoms with Crippen molar-refractivity contribution in [3.05, 3.63) is 54.0 Å². The van der Waals surface area contributed by atoms with E-state index in [1.807, 2.05) is 6.92 Å². The first kappa shape index (κ1) is 23.7. The van der Waals surface area contributed by atoms with Gasteiger partial charge in [0.05, 0.1) is 30.0 Å². The molecule has 1 unspecified atom stereocenters. The van der Waals surface area contributed by atoms with Gasteiger partial charge in [0.1, 0.15) is 5.82 Å². The van der Waals surface area contributed by atoms with Crippen LogP contribution in [0.2, 0.25) is 0 Å². The number of aryl methyl sites for hydroxylation is 2. The molecule has 2 atom stereocenters. The van der Waals surface area contributed by atoms with Crippen molar-refractivity contribution in [1.82, 2.24) is 29.6 Å². The first-order valence-corrected chi connectivity index (χ1v) is 11.1. The number of aromatic nitrogens is 5. The zero-order chi connectivity index (χ0) is 24.5. The quantitative estimate of drug-likeness (QED) is 0.589. The molecule has 3 aromatic rings. The van der Waals surface area contributed by atoms with E-state index < -0.39 is 36.2 Å². The monoisotopic (exact) mass is 473 g/mol. The Kier molecular flexibility index (Phi) is 6.54. The minimum absolute atomic E-state index is 0.0138. The van der Waals surface area contributed by atoms with Gasteiger partial charge in [0, 0.05) is 38.6 Å². The molecule has 8 nitrogen and oxygen atoms in total. The van der Waals surface area contributed by atoms with Gasteiger partial charge in [-0.1, -0.05) is 13.8 Å². The maximum atomic E-state index is 14.6. The third-order valence-electron chi connectivity index (χ3n) is 5.96. The number of piperidine rings is 1. The molecular weight excluding hydrogens is 447 g/mol. The van der Waals surface area contributed by atoms with Crippen LogP contribution < -0.4 is 5.32 Å². The fourth-order valence-electron chi connectivity index (χ4n) is 4.21. The number of carbonyl (C=O) groups is 1. The minimum Gasteiger partial charge on any atom is -0.352 e. The second kappa shape index (κ2) is 9.40. The van der Waals surface area contributed by atoms with Gasteiger partial charge in [-0.3, -0.25) is 14.5 Å². The molecular formula is C23H26F3N7O. The lowest BCUT2D eigenvalue weighted by Gasteiger charge is -2.43. The molecule has 1 aliphatic rings. The Balaban J connectivity index is 1.62.